The zero-order chi connectivity index (χ0) is 15.0. The lowest BCUT2D eigenvalue weighted by atomic mass is 10.0. The fraction of sp³-hybridized carbons (Fsp3) is 0.545. The molecule has 0 saturated carbocycles. The second kappa shape index (κ2) is 5.83. The summed E-state index contributed by atoms with van der Waals surface area (Å²) in [6, 6.07) is 0. The van der Waals surface area contributed by atoms with Crippen LogP contribution in [0.5, 0.6) is 0 Å². The Balaban J connectivity index is 1.85. The SMILES string of the molecule is OC[C@@H]1O[C@H](Sc2ncnc3nc[nH]c23)[C@H](O)[C@H](O)[C@@H]1O. The Morgan fingerprint density at radius 1 is 1.14 bits per heavy atom. The minimum Gasteiger partial charge on any atom is -0.394 e. The highest BCUT2D eigenvalue weighted by Crippen LogP contribution is 2.34. The van der Waals surface area contributed by atoms with Gasteiger partial charge in [-0.05, 0) is 0 Å². The van der Waals surface area contributed by atoms with Gasteiger partial charge in [-0.3, -0.25) is 0 Å². The summed E-state index contributed by atoms with van der Waals surface area (Å²) < 4.78 is 5.42. The van der Waals surface area contributed by atoms with Gasteiger partial charge >= 0.3 is 0 Å². The van der Waals surface area contributed by atoms with Crippen LogP contribution in [0, 0.1) is 0 Å². The van der Waals surface area contributed by atoms with Crippen LogP contribution in [0.4, 0.5) is 0 Å². The van der Waals surface area contributed by atoms with Crippen molar-refractivity contribution in [3.8, 4) is 0 Å². The first kappa shape index (κ1) is 14.6. The predicted molar refractivity (Wildman–Crippen MR) is 71.3 cm³/mol. The van der Waals surface area contributed by atoms with Gasteiger partial charge in [0.05, 0.1) is 12.9 Å². The third-order valence-electron chi connectivity index (χ3n) is 3.26. The molecule has 21 heavy (non-hydrogen) atoms. The van der Waals surface area contributed by atoms with Crippen molar-refractivity contribution in [3.63, 3.8) is 0 Å². The standard InChI is InChI=1S/C11H14N4O5S/c16-1-4-6(17)7(18)8(19)11(20-4)21-10-5-9(13-2-12-5)14-3-15-10/h2-4,6-8,11,16-19H,1H2,(H,12,13,14,15)/t4-,6+,7+,8+,11+/m0/s1. The zero-order valence-electron chi connectivity index (χ0n) is 10.7. The topological polar surface area (TPSA) is 145 Å². The third kappa shape index (κ3) is 2.61. The number of thioether (sulfide) groups is 1. The number of aliphatic hydroxyl groups excluding tert-OH is 4. The van der Waals surface area contributed by atoms with Crippen molar-refractivity contribution >= 4 is 22.9 Å². The third-order valence-corrected chi connectivity index (χ3v) is 4.42. The van der Waals surface area contributed by atoms with Crippen LogP contribution in [0.15, 0.2) is 17.7 Å². The first-order valence-electron chi connectivity index (χ1n) is 6.23. The van der Waals surface area contributed by atoms with Gasteiger partial charge in [-0.15, -0.1) is 0 Å². The molecule has 10 heteroatoms. The molecule has 5 atom stereocenters. The molecule has 9 nitrogen and oxygen atoms in total. The maximum atomic E-state index is 10.00. The van der Waals surface area contributed by atoms with E-state index in [1.807, 2.05) is 0 Å². The van der Waals surface area contributed by atoms with Crippen LogP contribution in [0.25, 0.3) is 11.2 Å². The number of aromatic nitrogens is 4. The number of hydrogen-bond acceptors (Lipinski definition) is 9. The molecule has 0 aliphatic carbocycles. The number of hydrogen-bond donors (Lipinski definition) is 5. The Morgan fingerprint density at radius 2 is 1.95 bits per heavy atom. The lowest BCUT2D eigenvalue weighted by Crippen LogP contribution is -2.57. The summed E-state index contributed by atoms with van der Waals surface area (Å²) in [5, 5.41) is 39.1. The van der Waals surface area contributed by atoms with Crippen LogP contribution >= 0.6 is 11.8 Å². The molecule has 2 aromatic rings. The highest BCUT2D eigenvalue weighted by atomic mass is 32.2. The quantitative estimate of drug-likeness (QED) is 0.416. The second-order valence-corrected chi connectivity index (χ2v) is 5.68. The maximum Gasteiger partial charge on any atom is 0.181 e. The van der Waals surface area contributed by atoms with Gasteiger partial charge in [0.2, 0.25) is 0 Å². The molecular formula is C11H14N4O5S. The smallest absolute Gasteiger partial charge is 0.181 e. The van der Waals surface area contributed by atoms with E-state index in [9.17, 15) is 15.3 Å². The predicted octanol–water partition coefficient (Wildman–Crippen LogP) is -1.76. The Kier molecular flexibility index (Phi) is 4.06. The van der Waals surface area contributed by atoms with Crippen LogP contribution in [0.2, 0.25) is 0 Å². The van der Waals surface area contributed by atoms with Crippen molar-refractivity contribution in [2.45, 2.75) is 34.9 Å². The Labute approximate surface area is 123 Å². The van der Waals surface area contributed by atoms with Crippen LogP contribution in [-0.2, 0) is 4.74 Å². The van der Waals surface area contributed by atoms with E-state index < -0.39 is 36.5 Å². The number of aliphatic hydroxyl groups is 4. The lowest BCUT2D eigenvalue weighted by molar-refractivity contribution is -0.205. The van der Waals surface area contributed by atoms with Crippen molar-refractivity contribution in [1.82, 2.24) is 19.9 Å². The molecule has 0 spiro atoms. The summed E-state index contributed by atoms with van der Waals surface area (Å²) in [7, 11) is 0. The minimum atomic E-state index is -1.41. The van der Waals surface area contributed by atoms with Crippen LogP contribution in [0.3, 0.4) is 0 Å². The molecule has 0 radical (unpaired) electrons. The average molecular weight is 314 g/mol. The molecule has 1 aliphatic rings. The van der Waals surface area contributed by atoms with E-state index >= 15 is 0 Å². The van der Waals surface area contributed by atoms with Gasteiger partial charge in [-0.2, -0.15) is 0 Å². The van der Waals surface area contributed by atoms with E-state index in [0.717, 1.165) is 11.8 Å². The Morgan fingerprint density at radius 3 is 2.71 bits per heavy atom. The molecule has 0 bridgehead atoms. The van der Waals surface area contributed by atoms with E-state index in [1.54, 1.807) is 0 Å². The molecule has 114 valence electrons. The molecule has 1 fully saturated rings. The van der Waals surface area contributed by atoms with Crippen LogP contribution in [-0.4, -0.2) is 76.8 Å². The molecule has 5 N–H and O–H groups in total. The Hall–Kier alpha value is -1.30. The van der Waals surface area contributed by atoms with E-state index in [-0.39, 0.29) is 0 Å². The van der Waals surface area contributed by atoms with Gasteiger partial charge in [0.15, 0.2) is 5.65 Å². The van der Waals surface area contributed by atoms with Gasteiger partial charge in [0, 0.05) is 0 Å². The van der Waals surface area contributed by atoms with Gasteiger partial charge in [0.25, 0.3) is 0 Å². The molecule has 0 unspecified atom stereocenters. The van der Waals surface area contributed by atoms with E-state index in [0.29, 0.717) is 16.2 Å². The highest BCUT2D eigenvalue weighted by Gasteiger charge is 2.44. The van der Waals surface area contributed by atoms with Crippen molar-refractivity contribution in [2.24, 2.45) is 0 Å². The average Bonchev–Trinajstić information content (AvgIpc) is 2.97. The van der Waals surface area contributed by atoms with E-state index in [1.165, 1.54) is 12.7 Å². The van der Waals surface area contributed by atoms with Crippen molar-refractivity contribution in [3.05, 3.63) is 12.7 Å². The number of aromatic amines is 1. The summed E-state index contributed by atoms with van der Waals surface area (Å²) in [5.41, 5.74) is 0.165. The maximum absolute atomic E-state index is 10.00. The number of nitrogens with zero attached hydrogens (tertiary/aromatic N) is 3. The summed E-state index contributed by atoms with van der Waals surface area (Å²) in [6.07, 6.45) is -2.25. The summed E-state index contributed by atoms with van der Waals surface area (Å²) in [4.78, 5) is 14.9. The Bertz CT molecular complexity index is 623. The largest absolute Gasteiger partial charge is 0.394 e. The number of ether oxygens (including phenoxy) is 1. The number of H-pyrrole nitrogens is 1. The number of fused-ring (bicyclic) bond motifs is 1. The lowest BCUT2D eigenvalue weighted by Gasteiger charge is -2.39. The van der Waals surface area contributed by atoms with Gasteiger partial charge < -0.3 is 30.1 Å². The number of imidazole rings is 1. The molecule has 1 aliphatic heterocycles. The summed E-state index contributed by atoms with van der Waals surface area (Å²) in [6.45, 7) is -0.467. The van der Waals surface area contributed by atoms with Gasteiger partial charge in [0.1, 0.15) is 46.7 Å². The highest BCUT2D eigenvalue weighted by molar-refractivity contribution is 8.00. The van der Waals surface area contributed by atoms with E-state index in [4.69, 9.17) is 9.84 Å². The first-order chi connectivity index (χ1) is 10.1. The number of nitrogens with one attached hydrogen (secondary N) is 1. The van der Waals surface area contributed by atoms with Crippen molar-refractivity contribution < 1.29 is 25.2 Å². The summed E-state index contributed by atoms with van der Waals surface area (Å²) >= 11 is 1.05. The molecule has 0 amide bonds. The number of rotatable bonds is 3. The first-order valence-corrected chi connectivity index (χ1v) is 7.11. The van der Waals surface area contributed by atoms with Gasteiger partial charge in [-0.1, -0.05) is 11.8 Å². The molecule has 2 aromatic heterocycles. The van der Waals surface area contributed by atoms with E-state index in [2.05, 4.69) is 19.9 Å². The van der Waals surface area contributed by atoms with Crippen LogP contribution in [0.1, 0.15) is 0 Å². The normalized spacial score (nSPS) is 33.4. The fourth-order valence-electron chi connectivity index (χ4n) is 2.11. The minimum absolute atomic E-state index is 0.467. The molecule has 3 heterocycles. The van der Waals surface area contributed by atoms with Gasteiger partial charge in [-0.25, -0.2) is 15.0 Å². The molecule has 3 rings (SSSR count). The zero-order valence-corrected chi connectivity index (χ0v) is 11.5. The molecule has 1 saturated heterocycles. The summed E-state index contributed by atoms with van der Waals surface area (Å²) in [5.74, 6) is 0. The van der Waals surface area contributed by atoms with Crippen molar-refractivity contribution in [1.29, 1.82) is 0 Å². The molecular weight excluding hydrogens is 300 g/mol. The van der Waals surface area contributed by atoms with Crippen molar-refractivity contribution in [2.75, 3.05) is 6.61 Å². The monoisotopic (exact) mass is 314 g/mol. The molecule has 0 aromatic carbocycles. The second-order valence-electron chi connectivity index (χ2n) is 4.60. The fourth-order valence-corrected chi connectivity index (χ4v) is 3.20. The van der Waals surface area contributed by atoms with Crippen LogP contribution < -0.4 is 0 Å².